The second-order valence-corrected chi connectivity index (χ2v) is 6.49. The molecule has 1 aromatic heterocycles. The van der Waals surface area contributed by atoms with E-state index in [1.54, 1.807) is 11.0 Å². The van der Waals surface area contributed by atoms with Gasteiger partial charge in [-0.15, -0.1) is 0 Å². The second kappa shape index (κ2) is 8.62. The quantitative estimate of drug-likeness (QED) is 0.584. The highest BCUT2D eigenvalue weighted by Crippen LogP contribution is 2.15. The number of aromatic nitrogens is 1. The molecule has 0 fully saturated rings. The average molecular weight is 368 g/mol. The molecule has 2 aromatic carbocycles. The van der Waals surface area contributed by atoms with Gasteiger partial charge in [0, 0.05) is 30.5 Å². The van der Waals surface area contributed by atoms with E-state index in [4.69, 9.17) is 0 Å². The fourth-order valence-electron chi connectivity index (χ4n) is 3.07. The summed E-state index contributed by atoms with van der Waals surface area (Å²) in [5, 5.41) is 0. The van der Waals surface area contributed by atoms with Gasteiger partial charge in [0.25, 0.3) is 5.91 Å². The number of carbonyl (C=O) groups is 1. The highest BCUT2D eigenvalue weighted by atomic mass is 19.1. The first-order chi connectivity index (χ1) is 13.1. The number of carbonyl (C=O) groups excluding carboxylic acids is 1. The zero-order valence-corrected chi connectivity index (χ0v) is 15.2. The molecule has 3 rings (SSSR count). The minimum absolute atomic E-state index is 0.129. The van der Waals surface area contributed by atoms with Crippen LogP contribution in [0.5, 0.6) is 0 Å². The van der Waals surface area contributed by atoms with Gasteiger partial charge in [-0.1, -0.05) is 19.1 Å². The van der Waals surface area contributed by atoms with E-state index in [-0.39, 0.29) is 17.5 Å². The number of hydrogen-bond donors (Lipinski definition) is 0. The topological polar surface area (TPSA) is 25.2 Å². The molecule has 0 bridgehead atoms. The van der Waals surface area contributed by atoms with Crippen molar-refractivity contribution in [2.24, 2.45) is 0 Å². The molecule has 0 aliphatic heterocycles. The number of amides is 1. The molecule has 1 heterocycles. The summed E-state index contributed by atoms with van der Waals surface area (Å²) in [6, 6.07) is 16.0. The van der Waals surface area contributed by atoms with E-state index >= 15 is 0 Å². The normalized spacial score (nSPS) is 10.8. The Bertz CT molecular complexity index is 903. The summed E-state index contributed by atoms with van der Waals surface area (Å²) < 4.78 is 28.6. The molecule has 0 aliphatic carbocycles. The molecular weight excluding hydrogens is 346 g/mol. The Hall–Kier alpha value is -2.95. The van der Waals surface area contributed by atoms with Gasteiger partial charge in [-0.25, -0.2) is 8.78 Å². The summed E-state index contributed by atoms with van der Waals surface area (Å²) in [6.07, 6.45) is 2.74. The first-order valence-electron chi connectivity index (χ1n) is 9.00. The summed E-state index contributed by atoms with van der Waals surface area (Å²) >= 11 is 0. The van der Waals surface area contributed by atoms with Crippen molar-refractivity contribution in [3.63, 3.8) is 0 Å². The molecule has 0 spiro atoms. The Morgan fingerprint density at radius 2 is 1.78 bits per heavy atom. The Morgan fingerprint density at radius 1 is 1.00 bits per heavy atom. The van der Waals surface area contributed by atoms with Crippen molar-refractivity contribution in [1.29, 1.82) is 0 Å². The maximum atomic E-state index is 13.4. The lowest BCUT2D eigenvalue weighted by Gasteiger charge is -2.23. The van der Waals surface area contributed by atoms with E-state index in [9.17, 15) is 13.6 Å². The van der Waals surface area contributed by atoms with Crippen LogP contribution < -0.4 is 0 Å². The molecular formula is C22H22F2N2O. The van der Waals surface area contributed by atoms with Crippen LogP contribution in [0.1, 0.15) is 35.0 Å². The largest absolute Gasteiger partial charge is 0.345 e. The van der Waals surface area contributed by atoms with Crippen LogP contribution in [0.3, 0.4) is 0 Å². The summed E-state index contributed by atoms with van der Waals surface area (Å²) in [4.78, 5) is 14.6. The van der Waals surface area contributed by atoms with Crippen LogP contribution in [-0.2, 0) is 13.1 Å². The van der Waals surface area contributed by atoms with Crippen LogP contribution in [0.4, 0.5) is 8.78 Å². The molecule has 0 aliphatic rings. The summed E-state index contributed by atoms with van der Waals surface area (Å²) in [6.45, 7) is 3.58. The Kier molecular flexibility index (Phi) is 6.01. The highest BCUT2D eigenvalue weighted by molar-refractivity contribution is 5.94. The molecule has 0 unspecified atom stereocenters. The lowest BCUT2D eigenvalue weighted by molar-refractivity contribution is 0.0739. The summed E-state index contributed by atoms with van der Waals surface area (Å²) in [5.41, 5.74) is 2.29. The van der Waals surface area contributed by atoms with Crippen molar-refractivity contribution in [3.05, 3.63) is 95.3 Å². The van der Waals surface area contributed by atoms with Gasteiger partial charge in [-0.05, 0) is 60.5 Å². The molecule has 1 amide bonds. The van der Waals surface area contributed by atoms with Crippen LogP contribution in [0.25, 0.3) is 0 Å². The van der Waals surface area contributed by atoms with Gasteiger partial charge < -0.3 is 9.47 Å². The van der Waals surface area contributed by atoms with Crippen molar-refractivity contribution >= 4 is 5.91 Å². The maximum Gasteiger partial charge on any atom is 0.254 e. The lowest BCUT2D eigenvalue weighted by Crippen LogP contribution is -2.32. The van der Waals surface area contributed by atoms with Gasteiger partial charge in [-0.3, -0.25) is 4.79 Å². The van der Waals surface area contributed by atoms with Crippen LogP contribution >= 0.6 is 0 Å². The SMILES string of the molecule is CCCN(Cc1cccn1Cc1cccc(F)c1)C(=O)c1ccc(F)cc1. The van der Waals surface area contributed by atoms with Gasteiger partial charge in [0.05, 0.1) is 6.54 Å². The van der Waals surface area contributed by atoms with E-state index in [1.807, 2.05) is 35.9 Å². The molecule has 5 heteroatoms. The van der Waals surface area contributed by atoms with Gasteiger partial charge in [0.1, 0.15) is 11.6 Å². The highest BCUT2D eigenvalue weighted by Gasteiger charge is 2.17. The Morgan fingerprint density at radius 3 is 2.48 bits per heavy atom. The van der Waals surface area contributed by atoms with Crippen molar-refractivity contribution in [1.82, 2.24) is 9.47 Å². The number of benzene rings is 2. The smallest absolute Gasteiger partial charge is 0.254 e. The molecule has 3 nitrogen and oxygen atoms in total. The van der Waals surface area contributed by atoms with Gasteiger partial charge in [0.2, 0.25) is 0 Å². The fraction of sp³-hybridized carbons (Fsp3) is 0.227. The number of halogens is 2. The van der Waals surface area contributed by atoms with E-state index in [0.717, 1.165) is 17.7 Å². The first kappa shape index (κ1) is 18.8. The predicted molar refractivity (Wildman–Crippen MR) is 101 cm³/mol. The molecule has 0 saturated heterocycles. The third-order valence-corrected chi connectivity index (χ3v) is 4.39. The van der Waals surface area contributed by atoms with Crippen molar-refractivity contribution in [2.75, 3.05) is 6.54 Å². The molecule has 140 valence electrons. The minimum Gasteiger partial charge on any atom is -0.345 e. The Balaban J connectivity index is 1.78. The number of hydrogen-bond acceptors (Lipinski definition) is 1. The maximum absolute atomic E-state index is 13.4. The van der Waals surface area contributed by atoms with Crippen LogP contribution in [0, 0.1) is 11.6 Å². The van der Waals surface area contributed by atoms with E-state index in [2.05, 4.69) is 0 Å². The van der Waals surface area contributed by atoms with Crippen LogP contribution in [0.15, 0.2) is 66.9 Å². The van der Waals surface area contributed by atoms with Crippen molar-refractivity contribution in [3.8, 4) is 0 Å². The second-order valence-electron chi connectivity index (χ2n) is 6.49. The van der Waals surface area contributed by atoms with Crippen LogP contribution in [-0.4, -0.2) is 21.9 Å². The predicted octanol–water partition coefficient (Wildman–Crippen LogP) is 4.87. The van der Waals surface area contributed by atoms with Crippen LogP contribution in [0.2, 0.25) is 0 Å². The minimum atomic E-state index is -0.363. The molecule has 0 atom stereocenters. The molecule has 0 N–H and O–H groups in total. The molecule has 0 radical (unpaired) electrons. The average Bonchev–Trinajstić information content (AvgIpc) is 3.08. The van der Waals surface area contributed by atoms with Gasteiger partial charge in [-0.2, -0.15) is 0 Å². The van der Waals surface area contributed by atoms with E-state index in [1.165, 1.54) is 36.4 Å². The van der Waals surface area contributed by atoms with Crippen molar-refractivity contribution in [2.45, 2.75) is 26.4 Å². The third kappa shape index (κ3) is 4.82. The lowest BCUT2D eigenvalue weighted by atomic mass is 10.2. The van der Waals surface area contributed by atoms with Gasteiger partial charge >= 0.3 is 0 Å². The summed E-state index contributed by atoms with van der Waals surface area (Å²) in [7, 11) is 0. The van der Waals surface area contributed by atoms with Gasteiger partial charge in [0.15, 0.2) is 0 Å². The zero-order valence-electron chi connectivity index (χ0n) is 15.2. The molecule has 0 saturated carbocycles. The molecule has 27 heavy (non-hydrogen) atoms. The summed E-state index contributed by atoms with van der Waals surface area (Å²) in [5.74, 6) is -0.756. The Labute approximate surface area is 157 Å². The van der Waals surface area contributed by atoms with Crippen molar-refractivity contribution < 1.29 is 13.6 Å². The monoisotopic (exact) mass is 368 g/mol. The fourth-order valence-corrected chi connectivity index (χ4v) is 3.07. The first-order valence-corrected chi connectivity index (χ1v) is 9.00. The third-order valence-electron chi connectivity index (χ3n) is 4.39. The standard InChI is InChI=1S/C22H22F2N2O/c1-2-12-26(22(27)18-8-10-19(23)11-9-18)16-21-7-4-13-25(21)15-17-5-3-6-20(24)14-17/h3-11,13-14H,2,12,15-16H2,1H3. The molecule has 3 aromatic rings. The number of rotatable bonds is 7. The van der Waals surface area contributed by atoms with E-state index < -0.39 is 0 Å². The number of nitrogens with zero attached hydrogens (tertiary/aromatic N) is 2. The van der Waals surface area contributed by atoms with E-state index in [0.29, 0.717) is 25.2 Å². The zero-order chi connectivity index (χ0) is 19.2.